The van der Waals surface area contributed by atoms with Crippen LogP contribution in [0.25, 0.3) is 5.69 Å². The number of aryl methyl sites for hydroxylation is 1. The van der Waals surface area contributed by atoms with Gasteiger partial charge in [0.2, 0.25) is 11.8 Å². The van der Waals surface area contributed by atoms with Crippen molar-refractivity contribution in [1.29, 1.82) is 0 Å². The Labute approximate surface area is 189 Å². The third-order valence-electron chi connectivity index (χ3n) is 4.91. The molecule has 3 rings (SSSR count). The maximum Gasteiger partial charge on any atom is 0.262 e. The molecule has 0 aliphatic carbocycles. The number of anilines is 2. The standard InChI is InChI=1S/C23H25FN4O3S/c1-4-27(5-2)16-10-11-18(15(3)12-16)25-21(30)14-32-23-26-20(29)13-22(31)28(23)19-9-7-6-8-17(19)24/h6-13,29H,4-5,14H2,1-3H3,(H,25,30). The van der Waals surface area contributed by atoms with E-state index in [0.29, 0.717) is 5.69 Å². The number of carbonyl (C=O) groups excluding carboxylic acids is 1. The number of thioether (sulfide) groups is 1. The van der Waals surface area contributed by atoms with Crippen molar-refractivity contribution in [2.45, 2.75) is 25.9 Å². The molecule has 0 atom stereocenters. The molecule has 7 nitrogen and oxygen atoms in total. The molecule has 0 aliphatic rings. The summed E-state index contributed by atoms with van der Waals surface area (Å²) in [6.07, 6.45) is 0. The number of halogens is 1. The summed E-state index contributed by atoms with van der Waals surface area (Å²) in [5.74, 6) is -1.50. The Kier molecular flexibility index (Phi) is 7.53. The number of carbonyl (C=O) groups is 1. The number of nitrogens with zero attached hydrogens (tertiary/aromatic N) is 3. The minimum absolute atomic E-state index is 0.00394. The van der Waals surface area contributed by atoms with Crippen LogP contribution in [0.1, 0.15) is 19.4 Å². The molecule has 0 radical (unpaired) electrons. The van der Waals surface area contributed by atoms with Gasteiger partial charge in [-0.1, -0.05) is 23.9 Å². The number of rotatable bonds is 8. The van der Waals surface area contributed by atoms with Crippen molar-refractivity contribution in [2.75, 3.05) is 29.1 Å². The van der Waals surface area contributed by atoms with Gasteiger partial charge in [-0.2, -0.15) is 4.98 Å². The van der Waals surface area contributed by atoms with Crippen molar-refractivity contribution in [3.05, 3.63) is 70.3 Å². The van der Waals surface area contributed by atoms with Crippen LogP contribution in [0.4, 0.5) is 15.8 Å². The molecule has 1 amide bonds. The fraction of sp³-hybridized carbons (Fsp3) is 0.261. The van der Waals surface area contributed by atoms with E-state index in [-0.39, 0.29) is 22.5 Å². The molecule has 1 heterocycles. The molecule has 2 aromatic carbocycles. The lowest BCUT2D eigenvalue weighted by Crippen LogP contribution is -2.23. The Morgan fingerprint density at radius 1 is 1.19 bits per heavy atom. The van der Waals surface area contributed by atoms with E-state index in [4.69, 9.17) is 0 Å². The Balaban J connectivity index is 1.77. The minimum atomic E-state index is -0.645. The normalized spacial score (nSPS) is 10.8. The molecule has 2 N–H and O–H groups in total. The molecule has 0 unspecified atom stereocenters. The highest BCUT2D eigenvalue weighted by Gasteiger charge is 2.16. The monoisotopic (exact) mass is 456 g/mol. The number of para-hydroxylation sites is 1. The quantitative estimate of drug-likeness (QED) is 0.394. The second-order valence-electron chi connectivity index (χ2n) is 7.03. The minimum Gasteiger partial charge on any atom is -0.493 e. The summed E-state index contributed by atoms with van der Waals surface area (Å²) in [6, 6.07) is 12.5. The van der Waals surface area contributed by atoms with E-state index in [9.17, 15) is 19.1 Å². The number of aromatic nitrogens is 2. The smallest absolute Gasteiger partial charge is 0.262 e. The zero-order valence-electron chi connectivity index (χ0n) is 18.1. The largest absolute Gasteiger partial charge is 0.493 e. The van der Waals surface area contributed by atoms with Crippen LogP contribution in [-0.4, -0.2) is 39.4 Å². The highest BCUT2D eigenvalue weighted by atomic mass is 32.2. The Morgan fingerprint density at radius 3 is 2.56 bits per heavy atom. The first-order valence-corrected chi connectivity index (χ1v) is 11.2. The third kappa shape index (κ3) is 5.28. The maximum absolute atomic E-state index is 14.3. The van der Waals surface area contributed by atoms with Crippen molar-refractivity contribution >= 4 is 29.0 Å². The first-order valence-electron chi connectivity index (χ1n) is 10.2. The van der Waals surface area contributed by atoms with Gasteiger partial charge in [-0.05, 0) is 56.7 Å². The number of nitrogens with one attached hydrogen (secondary N) is 1. The van der Waals surface area contributed by atoms with Crippen LogP contribution in [0.5, 0.6) is 5.88 Å². The van der Waals surface area contributed by atoms with Crippen molar-refractivity contribution in [1.82, 2.24) is 9.55 Å². The highest BCUT2D eigenvalue weighted by Crippen LogP contribution is 2.25. The number of hydrogen-bond donors (Lipinski definition) is 2. The van der Waals surface area contributed by atoms with E-state index >= 15 is 0 Å². The average Bonchev–Trinajstić information content (AvgIpc) is 2.75. The molecule has 0 saturated carbocycles. The fourth-order valence-corrected chi connectivity index (χ4v) is 4.10. The van der Waals surface area contributed by atoms with Crippen molar-refractivity contribution < 1.29 is 14.3 Å². The second-order valence-corrected chi connectivity index (χ2v) is 7.97. The van der Waals surface area contributed by atoms with Crippen molar-refractivity contribution in [2.24, 2.45) is 0 Å². The number of hydrogen-bond acceptors (Lipinski definition) is 6. The second kappa shape index (κ2) is 10.3. The SMILES string of the molecule is CCN(CC)c1ccc(NC(=O)CSc2nc(O)cc(=O)n2-c2ccccc2F)c(C)c1. The lowest BCUT2D eigenvalue weighted by molar-refractivity contribution is -0.113. The van der Waals surface area contributed by atoms with E-state index in [1.54, 1.807) is 6.07 Å². The van der Waals surface area contributed by atoms with Crippen LogP contribution in [-0.2, 0) is 4.79 Å². The first-order chi connectivity index (χ1) is 15.3. The Morgan fingerprint density at radius 2 is 1.91 bits per heavy atom. The molecule has 3 aromatic rings. The van der Waals surface area contributed by atoms with Gasteiger partial charge in [0, 0.05) is 24.5 Å². The maximum atomic E-state index is 14.3. The highest BCUT2D eigenvalue weighted by molar-refractivity contribution is 7.99. The molecule has 1 aromatic heterocycles. The molecular formula is C23H25FN4O3S. The van der Waals surface area contributed by atoms with E-state index in [1.807, 2.05) is 25.1 Å². The number of amides is 1. The molecule has 0 saturated heterocycles. The lowest BCUT2D eigenvalue weighted by Gasteiger charge is -2.22. The molecule has 0 spiro atoms. The van der Waals surface area contributed by atoms with Crippen molar-refractivity contribution in [3.8, 4) is 11.6 Å². The third-order valence-corrected chi connectivity index (χ3v) is 5.85. The Bertz CT molecular complexity index is 1180. The predicted octanol–water partition coefficient (Wildman–Crippen LogP) is 3.96. The molecule has 32 heavy (non-hydrogen) atoms. The predicted molar refractivity (Wildman–Crippen MR) is 126 cm³/mol. The van der Waals surface area contributed by atoms with Gasteiger partial charge in [0.05, 0.1) is 17.5 Å². The van der Waals surface area contributed by atoms with Crippen LogP contribution < -0.4 is 15.8 Å². The fourth-order valence-electron chi connectivity index (χ4n) is 3.29. The molecule has 0 fully saturated rings. The van der Waals surface area contributed by atoms with Gasteiger partial charge >= 0.3 is 0 Å². The van der Waals surface area contributed by atoms with E-state index in [0.717, 1.165) is 46.7 Å². The summed E-state index contributed by atoms with van der Waals surface area (Å²) in [6.45, 7) is 7.87. The van der Waals surface area contributed by atoms with Gasteiger partial charge in [-0.15, -0.1) is 0 Å². The zero-order valence-corrected chi connectivity index (χ0v) is 18.9. The topological polar surface area (TPSA) is 87.5 Å². The Hall–Kier alpha value is -3.33. The molecular weight excluding hydrogens is 431 g/mol. The number of aromatic hydroxyl groups is 1. The van der Waals surface area contributed by atoms with Crippen molar-refractivity contribution in [3.63, 3.8) is 0 Å². The average molecular weight is 457 g/mol. The summed E-state index contributed by atoms with van der Waals surface area (Å²) >= 11 is 0.932. The van der Waals surface area contributed by atoms with E-state index in [2.05, 4.69) is 29.0 Å². The van der Waals surface area contributed by atoms with Gasteiger partial charge in [0.15, 0.2) is 5.16 Å². The summed E-state index contributed by atoms with van der Waals surface area (Å²) in [4.78, 5) is 31.1. The summed E-state index contributed by atoms with van der Waals surface area (Å²) < 4.78 is 15.3. The van der Waals surface area contributed by atoms with E-state index in [1.165, 1.54) is 18.2 Å². The number of benzene rings is 2. The molecule has 0 aliphatic heterocycles. The summed E-state index contributed by atoms with van der Waals surface area (Å²) in [5.41, 5.74) is 2.04. The van der Waals surface area contributed by atoms with Crippen LogP contribution >= 0.6 is 11.8 Å². The molecule has 9 heteroatoms. The zero-order chi connectivity index (χ0) is 23.3. The van der Waals surface area contributed by atoms with Gasteiger partial charge in [-0.25, -0.2) is 4.39 Å². The molecule has 0 bridgehead atoms. The lowest BCUT2D eigenvalue weighted by atomic mass is 10.1. The van der Waals surface area contributed by atoms with E-state index < -0.39 is 17.3 Å². The van der Waals surface area contributed by atoms with Crippen LogP contribution in [0, 0.1) is 12.7 Å². The van der Waals surface area contributed by atoms with Crippen LogP contribution in [0.3, 0.4) is 0 Å². The van der Waals surface area contributed by atoms with Gasteiger partial charge in [0.1, 0.15) is 5.82 Å². The first kappa shape index (κ1) is 23.3. The molecule has 168 valence electrons. The summed E-state index contributed by atoms with van der Waals surface area (Å²) in [5, 5.41) is 12.6. The summed E-state index contributed by atoms with van der Waals surface area (Å²) in [7, 11) is 0. The van der Waals surface area contributed by atoms with Gasteiger partial charge in [0.25, 0.3) is 5.56 Å². The van der Waals surface area contributed by atoms with Crippen LogP contribution in [0.2, 0.25) is 0 Å². The van der Waals surface area contributed by atoms with Gasteiger partial charge in [-0.3, -0.25) is 14.2 Å². The van der Waals surface area contributed by atoms with Gasteiger partial charge < -0.3 is 15.3 Å². The van der Waals surface area contributed by atoms with Crippen LogP contribution in [0.15, 0.2) is 58.5 Å².